The average molecular weight is 250 g/mol. The largest absolute Gasteiger partial charge is 0.356 e. The molecule has 0 aromatic carbocycles. The number of amides is 1. The lowest BCUT2D eigenvalue weighted by molar-refractivity contribution is -0.123. The van der Waals surface area contributed by atoms with Crippen LogP contribution in [0.4, 0.5) is 0 Å². The lowest BCUT2D eigenvalue weighted by Crippen LogP contribution is -2.28. The highest BCUT2D eigenvalue weighted by molar-refractivity contribution is 9.09. The van der Waals surface area contributed by atoms with Gasteiger partial charge in [-0.15, -0.1) is 0 Å². The Labute approximate surface area is 89.6 Å². The Hall–Kier alpha value is -0.0500. The molecule has 3 heteroatoms. The standard InChI is InChI=1S/C10H20BrNO/c1-8(2)10(13)12-6-4-5-9(3)7-11/h8-9H,4-7H2,1-3H3,(H,12,13). The Bertz CT molecular complexity index is 148. The van der Waals surface area contributed by atoms with Crippen LogP contribution in [-0.2, 0) is 4.79 Å². The zero-order chi connectivity index (χ0) is 10.3. The van der Waals surface area contributed by atoms with E-state index < -0.39 is 0 Å². The second-order valence-corrected chi connectivity index (χ2v) is 4.49. The molecule has 1 unspecified atom stereocenters. The van der Waals surface area contributed by atoms with Crippen LogP contribution < -0.4 is 5.32 Å². The normalized spacial score (nSPS) is 13.0. The molecule has 0 spiro atoms. The molecule has 0 saturated heterocycles. The minimum atomic E-state index is 0.105. The molecular formula is C10H20BrNO. The van der Waals surface area contributed by atoms with Crippen LogP contribution >= 0.6 is 15.9 Å². The maximum Gasteiger partial charge on any atom is 0.222 e. The maximum absolute atomic E-state index is 11.1. The predicted octanol–water partition coefficient (Wildman–Crippen LogP) is 2.57. The minimum absolute atomic E-state index is 0.105. The van der Waals surface area contributed by atoms with Crippen molar-refractivity contribution in [2.24, 2.45) is 11.8 Å². The topological polar surface area (TPSA) is 29.1 Å². The lowest BCUT2D eigenvalue weighted by atomic mass is 10.1. The van der Waals surface area contributed by atoms with E-state index in [1.54, 1.807) is 0 Å². The molecular weight excluding hydrogens is 230 g/mol. The second kappa shape index (κ2) is 7.36. The number of halogens is 1. The van der Waals surface area contributed by atoms with Crippen molar-refractivity contribution in [2.75, 3.05) is 11.9 Å². The van der Waals surface area contributed by atoms with Crippen LogP contribution in [-0.4, -0.2) is 17.8 Å². The smallest absolute Gasteiger partial charge is 0.222 e. The van der Waals surface area contributed by atoms with E-state index >= 15 is 0 Å². The van der Waals surface area contributed by atoms with E-state index in [-0.39, 0.29) is 11.8 Å². The summed E-state index contributed by atoms with van der Waals surface area (Å²) in [6.45, 7) is 6.85. The van der Waals surface area contributed by atoms with E-state index in [4.69, 9.17) is 0 Å². The van der Waals surface area contributed by atoms with Gasteiger partial charge in [0, 0.05) is 17.8 Å². The molecule has 0 aromatic heterocycles. The summed E-state index contributed by atoms with van der Waals surface area (Å²) in [5, 5.41) is 3.95. The second-order valence-electron chi connectivity index (χ2n) is 3.85. The predicted molar refractivity (Wildman–Crippen MR) is 60.0 cm³/mol. The summed E-state index contributed by atoms with van der Waals surface area (Å²) in [5.74, 6) is 0.969. The third-order valence-corrected chi connectivity index (χ3v) is 3.07. The number of carbonyl (C=O) groups excluding carboxylic acids is 1. The van der Waals surface area contributed by atoms with Gasteiger partial charge in [0.15, 0.2) is 0 Å². The molecule has 0 saturated carbocycles. The maximum atomic E-state index is 11.1. The SMILES string of the molecule is CC(CBr)CCCNC(=O)C(C)C. The molecule has 0 heterocycles. The summed E-state index contributed by atoms with van der Waals surface area (Å²) in [6.07, 6.45) is 2.24. The number of hydrogen-bond acceptors (Lipinski definition) is 1. The molecule has 0 aliphatic rings. The van der Waals surface area contributed by atoms with Crippen molar-refractivity contribution < 1.29 is 4.79 Å². The van der Waals surface area contributed by atoms with Gasteiger partial charge in [0.05, 0.1) is 0 Å². The summed E-state index contributed by atoms with van der Waals surface area (Å²) < 4.78 is 0. The van der Waals surface area contributed by atoms with E-state index in [2.05, 4.69) is 28.2 Å². The van der Waals surface area contributed by atoms with Gasteiger partial charge in [0.2, 0.25) is 5.91 Å². The molecule has 0 rings (SSSR count). The van der Waals surface area contributed by atoms with Gasteiger partial charge in [-0.05, 0) is 18.8 Å². The van der Waals surface area contributed by atoms with Crippen molar-refractivity contribution in [3.05, 3.63) is 0 Å². The van der Waals surface area contributed by atoms with Crippen LogP contribution in [0.3, 0.4) is 0 Å². The van der Waals surface area contributed by atoms with Crippen LogP contribution in [0.1, 0.15) is 33.6 Å². The molecule has 1 atom stereocenters. The van der Waals surface area contributed by atoms with Crippen LogP contribution in [0.2, 0.25) is 0 Å². The van der Waals surface area contributed by atoms with E-state index in [1.165, 1.54) is 6.42 Å². The van der Waals surface area contributed by atoms with Crippen molar-refractivity contribution >= 4 is 21.8 Å². The molecule has 1 N–H and O–H groups in total. The van der Waals surface area contributed by atoms with Crippen LogP contribution in [0.25, 0.3) is 0 Å². The molecule has 2 nitrogen and oxygen atoms in total. The quantitative estimate of drug-likeness (QED) is 0.569. The Morgan fingerprint density at radius 3 is 2.46 bits per heavy atom. The number of alkyl halides is 1. The fourth-order valence-electron chi connectivity index (χ4n) is 0.943. The van der Waals surface area contributed by atoms with Crippen molar-refractivity contribution in [2.45, 2.75) is 33.6 Å². The Morgan fingerprint density at radius 2 is 2.00 bits per heavy atom. The fourth-order valence-corrected chi connectivity index (χ4v) is 1.27. The summed E-state index contributed by atoms with van der Waals surface area (Å²) in [6, 6.07) is 0. The first-order valence-corrected chi connectivity index (χ1v) is 6.03. The molecule has 0 aliphatic carbocycles. The van der Waals surface area contributed by atoms with Gasteiger partial charge >= 0.3 is 0 Å². The van der Waals surface area contributed by atoms with Gasteiger partial charge in [-0.3, -0.25) is 4.79 Å². The van der Waals surface area contributed by atoms with Crippen LogP contribution in [0, 0.1) is 11.8 Å². The summed E-state index contributed by atoms with van der Waals surface area (Å²) in [5.41, 5.74) is 0. The summed E-state index contributed by atoms with van der Waals surface area (Å²) in [4.78, 5) is 11.1. The molecule has 0 radical (unpaired) electrons. The van der Waals surface area contributed by atoms with Crippen molar-refractivity contribution in [1.82, 2.24) is 5.32 Å². The van der Waals surface area contributed by atoms with E-state index in [0.717, 1.165) is 18.3 Å². The first-order valence-electron chi connectivity index (χ1n) is 4.91. The fraction of sp³-hybridized carbons (Fsp3) is 0.900. The van der Waals surface area contributed by atoms with Gasteiger partial charge < -0.3 is 5.32 Å². The monoisotopic (exact) mass is 249 g/mol. The zero-order valence-electron chi connectivity index (χ0n) is 8.77. The minimum Gasteiger partial charge on any atom is -0.356 e. The summed E-state index contributed by atoms with van der Waals surface area (Å²) >= 11 is 3.43. The van der Waals surface area contributed by atoms with E-state index in [1.807, 2.05) is 13.8 Å². The highest BCUT2D eigenvalue weighted by Crippen LogP contribution is 2.07. The van der Waals surface area contributed by atoms with Crippen LogP contribution in [0.5, 0.6) is 0 Å². The van der Waals surface area contributed by atoms with Crippen LogP contribution in [0.15, 0.2) is 0 Å². The molecule has 1 amide bonds. The zero-order valence-corrected chi connectivity index (χ0v) is 10.4. The highest BCUT2D eigenvalue weighted by Gasteiger charge is 2.05. The van der Waals surface area contributed by atoms with Crippen molar-refractivity contribution in [1.29, 1.82) is 0 Å². The van der Waals surface area contributed by atoms with E-state index in [0.29, 0.717) is 5.92 Å². The highest BCUT2D eigenvalue weighted by atomic mass is 79.9. The Kier molecular flexibility index (Phi) is 7.33. The van der Waals surface area contributed by atoms with E-state index in [9.17, 15) is 4.79 Å². The Morgan fingerprint density at radius 1 is 1.38 bits per heavy atom. The number of hydrogen-bond donors (Lipinski definition) is 1. The molecule has 0 aliphatic heterocycles. The average Bonchev–Trinajstić information content (AvgIpc) is 2.11. The molecule has 0 fully saturated rings. The third kappa shape index (κ3) is 7.05. The van der Waals surface area contributed by atoms with Crippen molar-refractivity contribution in [3.8, 4) is 0 Å². The van der Waals surface area contributed by atoms with Gasteiger partial charge in [-0.25, -0.2) is 0 Å². The number of carbonyl (C=O) groups is 1. The number of nitrogens with one attached hydrogen (secondary N) is 1. The van der Waals surface area contributed by atoms with Gasteiger partial charge in [-0.1, -0.05) is 36.7 Å². The third-order valence-electron chi connectivity index (χ3n) is 1.96. The van der Waals surface area contributed by atoms with Gasteiger partial charge in [0.25, 0.3) is 0 Å². The molecule has 78 valence electrons. The van der Waals surface area contributed by atoms with Gasteiger partial charge in [-0.2, -0.15) is 0 Å². The summed E-state index contributed by atoms with van der Waals surface area (Å²) in [7, 11) is 0. The molecule has 13 heavy (non-hydrogen) atoms. The van der Waals surface area contributed by atoms with Crippen molar-refractivity contribution in [3.63, 3.8) is 0 Å². The number of rotatable bonds is 6. The van der Waals surface area contributed by atoms with Gasteiger partial charge in [0.1, 0.15) is 0 Å². The Balaban J connectivity index is 3.31. The molecule has 0 bridgehead atoms. The molecule has 0 aromatic rings. The first kappa shape index (κ1) is 12.9. The first-order chi connectivity index (χ1) is 6.07. The lowest BCUT2D eigenvalue weighted by Gasteiger charge is -2.09.